The number of fused-ring (bicyclic) bond motifs is 2. The Morgan fingerprint density at radius 3 is 1.89 bits per heavy atom. The maximum absolute atomic E-state index is 13.3. The summed E-state index contributed by atoms with van der Waals surface area (Å²) in [4.78, 5) is 43.5. The van der Waals surface area contributed by atoms with Crippen LogP contribution < -0.4 is 31.9 Å². The number of aromatic nitrogens is 3. The summed E-state index contributed by atoms with van der Waals surface area (Å²) in [6, 6.07) is 20.3. The predicted molar refractivity (Wildman–Crippen MR) is 221 cm³/mol. The second kappa shape index (κ2) is 16.6. The van der Waals surface area contributed by atoms with Gasteiger partial charge in [-0.05, 0) is 95.4 Å². The summed E-state index contributed by atoms with van der Waals surface area (Å²) in [6.07, 6.45) is 5.94. The molecule has 4 aromatic carbocycles. The highest BCUT2D eigenvalue weighted by Gasteiger charge is 2.30. The van der Waals surface area contributed by atoms with Gasteiger partial charge in [0.2, 0.25) is 0 Å². The van der Waals surface area contributed by atoms with Gasteiger partial charge in [0.25, 0.3) is 0 Å². The molecular weight excluding hydrogens is 725 g/mol. The van der Waals surface area contributed by atoms with Gasteiger partial charge in [-0.1, -0.05) is 18.2 Å². The van der Waals surface area contributed by atoms with Gasteiger partial charge in [-0.25, -0.2) is 13.8 Å². The van der Waals surface area contributed by atoms with Gasteiger partial charge < -0.3 is 31.9 Å². The highest BCUT2D eigenvalue weighted by atomic mass is 19.1. The van der Waals surface area contributed by atoms with Crippen LogP contribution in [0.4, 0.5) is 31.5 Å². The van der Waals surface area contributed by atoms with E-state index in [2.05, 4.69) is 47.5 Å². The summed E-state index contributed by atoms with van der Waals surface area (Å²) in [5, 5.41) is 8.93. The summed E-state index contributed by atoms with van der Waals surface area (Å²) in [7, 11) is 0. The van der Waals surface area contributed by atoms with E-state index in [1.54, 1.807) is 6.07 Å². The number of anilines is 4. The van der Waals surface area contributed by atoms with Crippen molar-refractivity contribution < 1.29 is 18.4 Å². The van der Waals surface area contributed by atoms with E-state index in [4.69, 9.17) is 11.5 Å². The monoisotopic (exact) mass is 769 g/mol. The molecule has 57 heavy (non-hydrogen) atoms. The number of nitrogens with two attached hydrogens (primary N) is 2. The lowest BCUT2D eigenvalue weighted by atomic mass is 9.97. The molecule has 11 nitrogen and oxygen atoms in total. The number of nitrogens with zero attached hydrogens (tertiary/aromatic N) is 5. The fourth-order valence-electron chi connectivity index (χ4n) is 7.60. The molecular formula is C44H45F2N9O2. The van der Waals surface area contributed by atoms with E-state index >= 15 is 0 Å². The van der Waals surface area contributed by atoms with Crippen molar-refractivity contribution in [3.05, 3.63) is 125 Å². The number of pyridine rings is 1. The Labute approximate surface area is 329 Å². The Morgan fingerprint density at radius 1 is 0.667 bits per heavy atom. The first-order chi connectivity index (χ1) is 27.7. The number of nitrogen functional groups attached to an aromatic ring is 2. The fourth-order valence-corrected chi connectivity index (χ4v) is 7.60. The van der Waals surface area contributed by atoms with E-state index in [0.29, 0.717) is 33.9 Å². The maximum Gasteiger partial charge on any atom is 0.187 e. The molecule has 0 radical (unpaired) electrons. The van der Waals surface area contributed by atoms with Crippen LogP contribution in [-0.4, -0.2) is 78.9 Å². The van der Waals surface area contributed by atoms with Crippen molar-refractivity contribution in [2.24, 2.45) is 0 Å². The molecule has 2 saturated heterocycles. The fraction of sp³-hybridized carbons (Fsp3) is 0.295. The Bertz CT molecular complexity index is 2460. The third kappa shape index (κ3) is 8.69. The minimum atomic E-state index is -0.422. The quantitative estimate of drug-likeness (QED) is 0.103. The molecule has 4 heterocycles. The van der Waals surface area contributed by atoms with Gasteiger partial charge in [0.05, 0.1) is 17.2 Å². The summed E-state index contributed by atoms with van der Waals surface area (Å²) < 4.78 is 26.4. The maximum atomic E-state index is 13.3. The van der Waals surface area contributed by atoms with E-state index < -0.39 is 11.6 Å². The zero-order chi connectivity index (χ0) is 39.5. The number of hydrogen-bond donors (Lipinski definition) is 4. The van der Waals surface area contributed by atoms with Gasteiger partial charge in [0.15, 0.2) is 11.6 Å². The molecule has 13 heteroatoms. The Balaban J connectivity index is 0.000000161. The highest BCUT2D eigenvalue weighted by Crippen LogP contribution is 2.47. The highest BCUT2D eigenvalue weighted by molar-refractivity contribution is 6.01. The number of halogens is 2. The smallest absolute Gasteiger partial charge is 0.187 e. The van der Waals surface area contributed by atoms with Crippen molar-refractivity contribution in [2.45, 2.75) is 31.6 Å². The Morgan fingerprint density at radius 2 is 1.28 bits per heavy atom. The predicted octanol–water partition coefficient (Wildman–Crippen LogP) is 5.85. The van der Waals surface area contributed by atoms with Crippen molar-refractivity contribution in [3.63, 3.8) is 0 Å². The van der Waals surface area contributed by atoms with Gasteiger partial charge in [-0.3, -0.25) is 19.6 Å². The first-order valence-electron chi connectivity index (χ1n) is 19.4. The van der Waals surface area contributed by atoms with Crippen molar-refractivity contribution >= 4 is 56.1 Å². The van der Waals surface area contributed by atoms with Gasteiger partial charge in [0, 0.05) is 99.5 Å². The SMILES string of the molecule is Nc1cc(F)ccc1CC(=O)c1cc2ccc(N3CCNCC3)c(C3CC3)c2cn1.Nc1cc(F)ccc1CC(=O)c1cnc2cc(N3CCNCC3)ccc2n1. The normalized spacial score (nSPS) is 15.7. The third-order valence-corrected chi connectivity index (χ3v) is 10.9. The van der Waals surface area contributed by atoms with E-state index in [-0.39, 0.29) is 35.8 Å². The summed E-state index contributed by atoms with van der Waals surface area (Å²) >= 11 is 0. The van der Waals surface area contributed by atoms with Crippen molar-refractivity contribution in [3.8, 4) is 0 Å². The van der Waals surface area contributed by atoms with Crippen LogP contribution in [0.2, 0.25) is 0 Å². The number of piperazine rings is 2. The number of carbonyl (C=O) groups is 2. The Hall–Kier alpha value is -6.05. The van der Waals surface area contributed by atoms with E-state index in [1.807, 2.05) is 30.5 Å². The first-order valence-corrected chi connectivity index (χ1v) is 19.4. The minimum absolute atomic E-state index is 0.0607. The summed E-state index contributed by atoms with van der Waals surface area (Å²) in [5.74, 6) is -0.556. The van der Waals surface area contributed by atoms with E-state index in [0.717, 1.165) is 74.3 Å². The number of hydrogen-bond acceptors (Lipinski definition) is 11. The molecule has 0 bridgehead atoms. The molecule has 1 saturated carbocycles. The van der Waals surface area contributed by atoms with E-state index in [9.17, 15) is 18.4 Å². The molecule has 6 aromatic rings. The van der Waals surface area contributed by atoms with Crippen LogP contribution in [0.5, 0.6) is 0 Å². The number of benzene rings is 4. The zero-order valence-electron chi connectivity index (χ0n) is 31.6. The molecule has 3 fully saturated rings. The topological polar surface area (TPSA) is 155 Å². The van der Waals surface area contributed by atoms with E-state index in [1.165, 1.54) is 60.6 Å². The summed E-state index contributed by atoms with van der Waals surface area (Å²) in [5.41, 5.74) is 19.3. The molecule has 2 aromatic heterocycles. The molecule has 0 amide bonds. The van der Waals surface area contributed by atoms with Gasteiger partial charge >= 0.3 is 0 Å². The molecule has 1 aliphatic carbocycles. The molecule has 9 rings (SSSR count). The van der Waals surface area contributed by atoms with Crippen molar-refractivity contribution in [2.75, 3.05) is 73.6 Å². The van der Waals surface area contributed by atoms with Crippen LogP contribution in [0, 0.1) is 11.6 Å². The van der Waals surface area contributed by atoms with Gasteiger partial charge in [0.1, 0.15) is 23.0 Å². The van der Waals surface area contributed by atoms with Crippen LogP contribution in [0.15, 0.2) is 85.2 Å². The van der Waals surface area contributed by atoms with Crippen LogP contribution in [-0.2, 0) is 12.8 Å². The number of carbonyl (C=O) groups excluding carboxylic acids is 2. The molecule has 0 spiro atoms. The molecule has 292 valence electrons. The molecule has 0 unspecified atom stereocenters. The third-order valence-electron chi connectivity index (χ3n) is 10.9. The first kappa shape index (κ1) is 37.9. The molecule has 2 aliphatic heterocycles. The average Bonchev–Trinajstić information content (AvgIpc) is 4.08. The largest absolute Gasteiger partial charge is 0.398 e. The number of rotatable bonds is 9. The Kier molecular flexibility index (Phi) is 11.0. The molecule has 6 N–H and O–H groups in total. The van der Waals surface area contributed by atoms with Crippen LogP contribution in [0.25, 0.3) is 21.8 Å². The van der Waals surface area contributed by atoms with Crippen LogP contribution in [0.3, 0.4) is 0 Å². The van der Waals surface area contributed by atoms with Crippen molar-refractivity contribution in [1.82, 2.24) is 25.6 Å². The van der Waals surface area contributed by atoms with Crippen molar-refractivity contribution in [1.29, 1.82) is 0 Å². The second-order valence-corrected chi connectivity index (χ2v) is 14.9. The summed E-state index contributed by atoms with van der Waals surface area (Å²) in [6.45, 7) is 7.85. The second-order valence-electron chi connectivity index (χ2n) is 14.9. The standard InChI is InChI=1S/C24H25FN4O.C20H20FN5O/c25-18-5-3-17(20(26)13-18)12-23(30)21-11-16-4-6-22(29-9-7-27-8-10-29)24(15-1-2-15)19(16)14-28-21;21-14-2-1-13(16(22)10-14)9-20(27)19-12-24-18-11-15(3-4-17(18)25-19)26-7-5-23-6-8-26/h3-6,11,13-15,27H,1-2,7-10,12,26H2;1-4,10-12,23H,5-9,22H2. The number of ketones is 2. The zero-order valence-corrected chi connectivity index (χ0v) is 31.6. The lowest BCUT2D eigenvalue weighted by Crippen LogP contribution is -2.43. The van der Waals surface area contributed by atoms with Gasteiger partial charge in [-0.2, -0.15) is 0 Å². The average molecular weight is 770 g/mol. The number of nitrogens with one attached hydrogen (secondary N) is 2. The lowest BCUT2D eigenvalue weighted by molar-refractivity contribution is 0.0980. The number of Topliss-reactive ketones (excluding diaryl/α,β-unsaturated/α-hetero) is 2. The minimum Gasteiger partial charge on any atom is -0.398 e. The molecule has 0 atom stereocenters. The van der Waals surface area contributed by atoms with Gasteiger partial charge in [-0.15, -0.1) is 0 Å². The molecule has 3 aliphatic rings. The van der Waals surface area contributed by atoms with Crippen LogP contribution >= 0.6 is 0 Å². The lowest BCUT2D eigenvalue weighted by Gasteiger charge is -2.31. The van der Waals surface area contributed by atoms with Crippen LogP contribution in [0.1, 0.15) is 56.4 Å².